The van der Waals surface area contributed by atoms with Crippen molar-refractivity contribution in [1.82, 2.24) is 5.32 Å². The van der Waals surface area contributed by atoms with E-state index in [-0.39, 0.29) is 17.7 Å². The van der Waals surface area contributed by atoms with Gasteiger partial charge in [0, 0.05) is 12.2 Å². The van der Waals surface area contributed by atoms with E-state index in [1.165, 1.54) is 12.1 Å². The lowest BCUT2D eigenvalue weighted by Crippen LogP contribution is -2.40. The zero-order valence-corrected chi connectivity index (χ0v) is 12.8. The highest BCUT2D eigenvalue weighted by Gasteiger charge is 2.27. The second-order valence-electron chi connectivity index (χ2n) is 5.14. The molecular weight excluding hydrogens is 316 g/mol. The summed E-state index contributed by atoms with van der Waals surface area (Å²) in [7, 11) is -4.64. The number of benzene rings is 1. The SMILES string of the molecule is CC(NC(=O)c1ccc(S(=O)(=O)C(F)F)cc1)C1CCCO1. The van der Waals surface area contributed by atoms with Crippen LogP contribution in [-0.2, 0) is 14.6 Å². The maximum absolute atomic E-state index is 12.4. The van der Waals surface area contributed by atoms with Crippen LogP contribution in [0.4, 0.5) is 8.78 Å². The molecule has 1 heterocycles. The molecule has 2 rings (SSSR count). The highest BCUT2D eigenvalue weighted by atomic mass is 32.2. The van der Waals surface area contributed by atoms with Crippen molar-refractivity contribution in [2.45, 2.75) is 42.6 Å². The average molecular weight is 333 g/mol. The van der Waals surface area contributed by atoms with Gasteiger partial charge in [-0.15, -0.1) is 0 Å². The molecule has 0 radical (unpaired) electrons. The van der Waals surface area contributed by atoms with E-state index in [0.717, 1.165) is 25.0 Å². The molecular formula is C14H17F2NO4S. The van der Waals surface area contributed by atoms with Gasteiger partial charge in [0.15, 0.2) is 0 Å². The number of alkyl halides is 2. The number of nitrogens with one attached hydrogen (secondary N) is 1. The summed E-state index contributed by atoms with van der Waals surface area (Å²) in [6, 6.07) is 4.26. The van der Waals surface area contributed by atoms with Crippen LogP contribution in [0, 0.1) is 0 Å². The Hall–Kier alpha value is -1.54. The highest BCUT2D eigenvalue weighted by molar-refractivity contribution is 7.91. The quantitative estimate of drug-likeness (QED) is 0.894. The van der Waals surface area contributed by atoms with Gasteiger partial charge in [0.05, 0.1) is 17.0 Å². The Morgan fingerprint density at radius 3 is 2.45 bits per heavy atom. The van der Waals surface area contributed by atoms with Gasteiger partial charge >= 0.3 is 5.76 Å². The Morgan fingerprint density at radius 2 is 1.95 bits per heavy atom. The smallest absolute Gasteiger partial charge is 0.341 e. The summed E-state index contributed by atoms with van der Waals surface area (Å²) in [5.74, 6) is -3.88. The van der Waals surface area contributed by atoms with E-state index in [2.05, 4.69) is 5.32 Å². The molecule has 1 N–H and O–H groups in total. The summed E-state index contributed by atoms with van der Waals surface area (Å²) in [5, 5.41) is 2.76. The topological polar surface area (TPSA) is 72.5 Å². The van der Waals surface area contributed by atoms with Crippen LogP contribution in [0.5, 0.6) is 0 Å². The number of amides is 1. The van der Waals surface area contributed by atoms with Crippen molar-refractivity contribution in [3.05, 3.63) is 29.8 Å². The van der Waals surface area contributed by atoms with E-state index >= 15 is 0 Å². The maximum atomic E-state index is 12.4. The van der Waals surface area contributed by atoms with Crippen LogP contribution < -0.4 is 5.32 Å². The zero-order chi connectivity index (χ0) is 16.3. The van der Waals surface area contributed by atoms with E-state index in [9.17, 15) is 22.0 Å². The van der Waals surface area contributed by atoms with Gasteiger partial charge in [0.2, 0.25) is 9.84 Å². The number of carbonyl (C=O) groups is 1. The van der Waals surface area contributed by atoms with Crippen molar-refractivity contribution >= 4 is 15.7 Å². The molecule has 1 aliphatic heterocycles. The molecule has 0 saturated carbocycles. The lowest BCUT2D eigenvalue weighted by molar-refractivity contribution is 0.0712. The van der Waals surface area contributed by atoms with Gasteiger partial charge in [-0.05, 0) is 44.0 Å². The standard InChI is InChI=1S/C14H17F2NO4S/c1-9(12-3-2-8-21-12)17-13(18)10-4-6-11(7-5-10)22(19,20)14(15)16/h4-7,9,12,14H,2-3,8H2,1H3,(H,17,18). The molecule has 0 spiro atoms. The normalized spacial score (nSPS) is 20.1. The number of hydrogen-bond acceptors (Lipinski definition) is 4. The Bertz CT molecular complexity index is 625. The summed E-state index contributed by atoms with van der Waals surface area (Å²) < 4.78 is 52.9. The van der Waals surface area contributed by atoms with Crippen molar-refractivity contribution < 1.29 is 26.7 Å². The minimum Gasteiger partial charge on any atom is -0.376 e. The van der Waals surface area contributed by atoms with Crippen LogP contribution in [0.15, 0.2) is 29.2 Å². The number of carbonyl (C=O) groups excluding carboxylic acids is 1. The van der Waals surface area contributed by atoms with Crippen LogP contribution in [-0.4, -0.2) is 38.8 Å². The first-order valence-electron chi connectivity index (χ1n) is 6.87. The third kappa shape index (κ3) is 3.61. The molecule has 1 saturated heterocycles. The first-order chi connectivity index (χ1) is 10.3. The summed E-state index contributed by atoms with van der Waals surface area (Å²) in [6.45, 7) is 2.49. The molecule has 5 nitrogen and oxygen atoms in total. The number of rotatable bonds is 5. The average Bonchev–Trinajstić information content (AvgIpc) is 3.01. The lowest BCUT2D eigenvalue weighted by atomic mass is 10.1. The number of ether oxygens (including phenoxy) is 1. The van der Waals surface area contributed by atoms with Crippen molar-refractivity contribution in [1.29, 1.82) is 0 Å². The van der Waals surface area contributed by atoms with Crippen LogP contribution in [0.3, 0.4) is 0 Å². The first kappa shape index (κ1) is 16.8. The Labute approximate surface area is 127 Å². The van der Waals surface area contributed by atoms with Crippen molar-refractivity contribution in [2.24, 2.45) is 0 Å². The fraction of sp³-hybridized carbons (Fsp3) is 0.500. The third-order valence-corrected chi connectivity index (χ3v) is 4.96. The Balaban J connectivity index is 2.05. The molecule has 2 unspecified atom stereocenters. The monoisotopic (exact) mass is 333 g/mol. The van der Waals surface area contributed by atoms with Crippen LogP contribution in [0.2, 0.25) is 0 Å². The van der Waals surface area contributed by atoms with E-state index in [1.54, 1.807) is 0 Å². The lowest BCUT2D eigenvalue weighted by Gasteiger charge is -2.20. The van der Waals surface area contributed by atoms with E-state index in [0.29, 0.717) is 6.61 Å². The summed E-state index contributed by atoms with van der Waals surface area (Å²) in [5.41, 5.74) is 0.207. The molecule has 8 heteroatoms. The number of sulfone groups is 1. The molecule has 0 bridgehead atoms. The van der Waals surface area contributed by atoms with Gasteiger partial charge in [-0.2, -0.15) is 8.78 Å². The summed E-state index contributed by atoms with van der Waals surface area (Å²) in [4.78, 5) is 11.5. The van der Waals surface area contributed by atoms with Gasteiger partial charge in [-0.25, -0.2) is 8.42 Å². The van der Waals surface area contributed by atoms with Crippen molar-refractivity contribution in [3.8, 4) is 0 Å². The fourth-order valence-electron chi connectivity index (χ4n) is 2.28. The molecule has 1 aromatic carbocycles. The Kier molecular flexibility index (Phi) is 5.12. The highest BCUT2D eigenvalue weighted by Crippen LogP contribution is 2.19. The number of halogens is 2. The Morgan fingerprint density at radius 1 is 1.32 bits per heavy atom. The largest absolute Gasteiger partial charge is 0.376 e. The van der Waals surface area contributed by atoms with Gasteiger partial charge in [0.1, 0.15) is 0 Å². The number of hydrogen-bond donors (Lipinski definition) is 1. The predicted molar refractivity (Wildman–Crippen MR) is 75.5 cm³/mol. The zero-order valence-electron chi connectivity index (χ0n) is 12.0. The maximum Gasteiger partial charge on any atom is 0.341 e. The fourth-order valence-corrected chi connectivity index (χ4v) is 3.00. The van der Waals surface area contributed by atoms with E-state index in [4.69, 9.17) is 4.74 Å². The van der Waals surface area contributed by atoms with Gasteiger partial charge in [-0.1, -0.05) is 0 Å². The van der Waals surface area contributed by atoms with Crippen molar-refractivity contribution in [3.63, 3.8) is 0 Å². The third-order valence-electron chi connectivity index (χ3n) is 3.56. The summed E-state index contributed by atoms with van der Waals surface area (Å²) >= 11 is 0. The first-order valence-corrected chi connectivity index (χ1v) is 8.41. The molecule has 1 amide bonds. The van der Waals surface area contributed by atoms with Gasteiger partial charge < -0.3 is 10.1 Å². The van der Waals surface area contributed by atoms with Gasteiger partial charge in [-0.3, -0.25) is 4.79 Å². The molecule has 122 valence electrons. The van der Waals surface area contributed by atoms with Crippen LogP contribution in [0.25, 0.3) is 0 Å². The molecule has 0 aliphatic carbocycles. The van der Waals surface area contributed by atoms with Crippen molar-refractivity contribution in [2.75, 3.05) is 6.61 Å². The predicted octanol–water partition coefficient (Wildman–Crippen LogP) is 1.98. The molecule has 2 atom stereocenters. The molecule has 1 aliphatic rings. The van der Waals surface area contributed by atoms with Gasteiger partial charge in [0.25, 0.3) is 5.91 Å². The van der Waals surface area contributed by atoms with Crippen LogP contribution in [0.1, 0.15) is 30.1 Å². The molecule has 22 heavy (non-hydrogen) atoms. The van der Waals surface area contributed by atoms with Crippen LogP contribution >= 0.6 is 0 Å². The second kappa shape index (κ2) is 6.70. The van der Waals surface area contributed by atoms with E-state index < -0.39 is 26.4 Å². The second-order valence-corrected chi connectivity index (χ2v) is 7.06. The minimum absolute atomic E-state index is 0.0394. The molecule has 1 fully saturated rings. The molecule has 1 aromatic rings. The minimum atomic E-state index is -4.64. The molecule has 0 aromatic heterocycles. The summed E-state index contributed by atoms with van der Waals surface area (Å²) in [6.07, 6.45) is 1.78. The van der Waals surface area contributed by atoms with E-state index in [1.807, 2.05) is 6.92 Å².